The lowest BCUT2D eigenvalue weighted by Crippen LogP contribution is -2.46. The molecule has 1 aliphatic heterocycles. The van der Waals surface area contributed by atoms with E-state index in [0.29, 0.717) is 30.3 Å². The summed E-state index contributed by atoms with van der Waals surface area (Å²) in [5.74, 6) is 0.931. The third kappa shape index (κ3) is 5.64. The first kappa shape index (κ1) is 23.1. The Kier molecular flexibility index (Phi) is 6.97. The number of fused-ring (bicyclic) bond motifs is 1. The Balaban J connectivity index is 1.41. The maximum Gasteiger partial charge on any atom is 0.267 e. The fourth-order valence-corrected chi connectivity index (χ4v) is 3.64. The molecule has 0 spiro atoms. The highest BCUT2D eigenvalue weighted by Gasteiger charge is 2.31. The predicted molar refractivity (Wildman–Crippen MR) is 134 cm³/mol. The first-order valence-electron chi connectivity index (χ1n) is 11.3. The molecule has 0 bridgehead atoms. The Morgan fingerprint density at radius 1 is 1.03 bits per heavy atom. The van der Waals surface area contributed by atoms with Crippen LogP contribution in [0.25, 0.3) is 6.08 Å². The van der Waals surface area contributed by atoms with Gasteiger partial charge in [0.15, 0.2) is 6.10 Å². The SMILES string of the molecule is Cc1ccc(/C=C/C(=O)Nc2ccc3c(c2)OC(C)C(=O)N3CCOc2ccc(C)cc2)cc1. The van der Waals surface area contributed by atoms with Crippen LogP contribution in [0, 0.1) is 13.8 Å². The first-order valence-corrected chi connectivity index (χ1v) is 11.3. The summed E-state index contributed by atoms with van der Waals surface area (Å²) in [5, 5.41) is 2.85. The number of carbonyl (C=O) groups excluding carboxylic acids is 2. The van der Waals surface area contributed by atoms with Crippen molar-refractivity contribution in [2.45, 2.75) is 26.9 Å². The smallest absolute Gasteiger partial charge is 0.267 e. The molecule has 6 heteroatoms. The van der Waals surface area contributed by atoms with Gasteiger partial charge in [0.1, 0.15) is 18.1 Å². The molecular formula is C28H28N2O4. The van der Waals surface area contributed by atoms with E-state index in [2.05, 4.69) is 5.32 Å². The van der Waals surface area contributed by atoms with Crippen molar-refractivity contribution in [3.05, 3.63) is 89.5 Å². The Hall–Kier alpha value is -4.06. The number of hydrogen-bond acceptors (Lipinski definition) is 4. The Morgan fingerprint density at radius 2 is 1.71 bits per heavy atom. The Labute approximate surface area is 199 Å². The molecule has 34 heavy (non-hydrogen) atoms. The summed E-state index contributed by atoms with van der Waals surface area (Å²) in [6.45, 7) is 6.49. The summed E-state index contributed by atoms with van der Waals surface area (Å²) in [5.41, 5.74) is 4.52. The molecular weight excluding hydrogens is 428 g/mol. The van der Waals surface area contributed by atoms with E-state index in [1.165, 1.54) is 11.6 Å². The van der Waals surface area contributed by atoms with Crippen LogP contribution >= 0.6 is 0 Å². The van der Waals surface area contributed by atoms with E-state index >= 15 is 0 Å². The Morgan fingerprint density at radius 3 is 2.41 bits per heavy atom. The lowest BCUT2D eigenvalue weighted by atomic mass is 10.1. The van der Waals surface area contributed by atoms with E-state index in [0.717, 1.165) is 16.9 Å². The van der Waals surface area contributed by atoms with Crippen molar-refractivity contribution in [3.63, 3.8) is 0 Å². The van der Waals surface area contributed by atoms with Gasteiger partial charge >= 0.3 is 0 Å². The molecule has 174 valence electrons. The van der Waals surface area contributed by atoms with E-state index in [1.807, 2.05) is 62.4 Å². The van der Waals surface area contributed by atoms with Crippen LogP contribution in [0.5, 0.6) is 11.5 Å². The molecule has 6 nitrogen and oxygen atoms in total. The van der Waals surface area contributed by atoms with Crippen LogP contribution in [0.1, 0.15) is 23.6 Å². The van der Waals surface area contributed by atoms with Gasteiger partial charge in [0.05, 0.1) is 12.2 Å². The van der Waals surface area contributed by atoms with E-state index in [-0.39, 0.29) is 11.8 Å². The van der Waals surface area contributed by atoms with E-state index in [1.54, 1.807) is 36.1 Å². The minimum Gasteiger partial charge on any atom is -0.492 e. The van der Waals surface area contributed by atoms with Gasteiger partial charge in [-0.3, -0.25) is 9.59 Å². The number of ether oxygens (including phenoxy) is 2. The summed E-state index contributed by atoms with van der Waals surface area (Å²) >= 11 is 0. The minimum atomic E-state index is -0.626. The van der Waals surface area contributed by atoms with Gasteiger partial charge in [-0.2, -0.15) is 0 Å². The lowest BCUT2D eigenvalue weighted by Gasteiger charge is -2.33. The predicted octanol–water partition coefficient (Wildman–Crippen LogP) is 5.15. The van der Waals surface area contributed by atoms with E-state index in [4.69, 9.17) is 9.47 Å². The quantitative estimate of drug-likeness (QED) is 0.500. The summed E-state index contributed by atoms with van der Waals surface area (Å²) in [6, 6.07) is 21.0. The third-order valence-electron chi connectivity index (χ3n) is 5.54. The van der Waals surface area contributed by atoms with Crippen molar-refractivity contribution < 1.29 is 19.1 Å². The van der Waals surface area contributed by atoms with Gasteiger partial charge in [-0.15, -0.1) is 0 Å². The second kappa shape index (κ2) is 10.3. The van der Waals surface area contributed by atoms with E-state index in [9.17, 15) is 9.59 Å². The van der Waals surface area contributed by atoms with Gasteiger partial charge in [-0.1, -0.05) is 47.5 Å². The van der Waals surface area contributed by atoms with Crippen molar-refractivity contribution in [2.75, 3.05) is 23.4 Å². The number of nitrogens with zero attached hydrogens (tertiary/aromatic N) is 1. The molecule has 0 saturated heterocycles. The van der Waals surface area contributed by atoms with Gasteiger partial charge in [0, 0.05) is 17.8 Å². The highest BCUT2D eigenvalue weighted by Crippen LogP contribution is 2.36. The average molecular weight is 457 g/mol. The molecule has 0 aromatic heterocycles. The van der Waals surface area contributed by atoms with Crippen LogP contribution in [-0.4, -0.2) is 31.1 Å². The largest absolute Gasteiger partial charge is 0.492 e. The van der Waals surface area contributed by atoms with Crippen molar-refractivity contribution in [2.24, 2.45) is 0 Å². The summed E-state index contributed by atoms with van der Waals surface area (Å²) in [6.07, 6.45) is 2.63. The second-order valence-electron chi connectivity index (χ2n) is 8.33. The molecule has 1 aliphatic rings. The van der Waals surface area contributed by atoms with Gasteiger partial charge in [0.25, 0.3) is 5.91 Å². The molecule has 2 amide bonds. The zero-order valence-corrected chi connectivity index (χ0v) is 19.6. The number of carbonyl (C=O) groups is 2. The monoisotopic (exact) mass is 456 g/mol. The number of rotatable bonds is 7. The zero-order valence-electron chi connectivity index (χ0n) is 19.6. The molecule has 3 aromatic carbocycles. The topological polar surface area (TPSA) is 67.9 Å². The molecule has 1 heterocycles. The fourth-order valence-electron chi connectivity index (χ4n) is 3.64. The molecule has 1 N–H and O–H groups in total. The summed E-state index contributed by atoms with van der Waals surface area (Å²) in [7, 11) is 0. The molecule has 1 atom stereocenters. The number of anilines is 2. The maximum absolute atomic E-state index is 12.7. The third-order valence-corrected chi connectivity index (χ3v) is 5.54. The van der Waals surface area contributed by atoms with Crippen molar-refractivity contribution in [1.29, 1.82) is 0 Å². The number of hydrogen-bond donors (Lipinski definition) is 1. The van der Waals surface area contributed by atoms with Crippen molar-refractivity contribution in [1.82, 2.24) is 0 Å². The van der Waals surface area contributed by atoms with Gasteiger partial charge in [0.2, 0.25) is 5.91 Å². The van der Waals surface area contributed by atoms with Crippen LogP contribution in [0.4, 0.5) is 11.4 Å². The van der Waals surface area contributed by atoms with Crippen LogP contribution in [0.15, 0.2) is 72.8 Å². The highest BCUT2D eigenvalue weighted by atomic mass is 16.5. The highest BCUT2D eigenvalue weighted by molar-refractivity contribution is 6.03. The maximum atomic E-state index is 12.7. The average Bonchev–Trinajstić information content (AvgIpc) is 2.82. The number of amides is 2. The molecule has 0 saturated carbocycles. The fraction of sp³-hybridized carbons (Fsp3) is 0.214. The molecule has 4 rings (SSSR count). The number of aryl methyl sites for hydroxylation is 2. The minimum absolute atomic E-state index is 0.127. The zero-order chi connectivity index (χ0) is 24.1. The van der Waals surface area contributed by atoms with Gasteiger partial charge in [-0.05, 0) is 56.7 Å². The summed E-state index contributed by atoms with van der Waals surface area (Å²) < 4.78 is 11.6. The standard InChI is InChI=1S/C28H28N2O4/c1-19-4-8-22(9-5-19)10-15-27(31)29-23-11-14-25-26(18-23)34-21(3)28(32)30(25)16-17-33-24-12-6-20(2)7-13-24/h4-15,18,21H,16-17H2,1-3H3,(H,29,31)/b15-10+. The van der Waals surface area contributed by atoms with Crippen LogP contribution in [0.3, 0.4) is 0 Å². The second-order valence-corrected chi connectivity index (χ2v) is 8.33. The lowest BCUT2D eigenvalue weighted by molar-refractivity contribution is -0.125. The van der Waals surface area contributed by atoms with E-state index < -0.39 is 6.10 Å². The molecule has 0 fully saturated rings. The van der Waals surface area contributed by atoms with Crippen molar-refractivity contribution in [3.8, 4) is 11.5 Å². The van der Waals surface area contributed by atoms with Crippen LogP contribution in [0.2, 0.25) is 0 Å². The normalized spacial score (nSPS) is 15.1. The number of nitrogens with one attached hydrogen (secondary N) is 1. The number of benzene rings is 3. The summed E-state index contributed by atoms with van der Waals surface area (Å²) in [4.78, 5) is 26.8. The van der Waals surface area contributed by atoms with Crippen LogP contribution < -0.4 is 19.7 Å². The molecule has 0 radical (unpaired) electrons. The molecule has 3 aromatic rings. The first-order chi connectivity index (χ1) is 16.4. The van der Waals surface area contributed by atoms with Crippen LogP contribution in [-0.2, 0) is 9.59 Å². The van der Waals surface area contributed by atoms with Gasteiger partial charge in [-0.25, -0.2) is 0 Å². The van der Waals surface area contributed by atoms with Gasteiger partial charge < -0.3 is 19.7 Å². The molecule has 1 unspecified atom stereocenters. The Bertz CT molecular complexity index is 1200. The van der Waals surface area contributed by atoms with Crippen molar-refractivity contribution >= 4 is 29.3 Å². The molecule has 0 aliphatic carbocycles.